The molecule has 0 radical (unpaired) electrons. The summed E-state index contributed by atoms with van der Waals surface area (Å²) in [4.78, 5) is 0. The molecule has 11 nitrogen and oxygen atoms in total. The predicted octanol–water partition coefficient (Wildman–Crippen LogP) is -4.19. The van der Waals surface area contributed by atoms with Crippen LogP contribution in [0.1, 0.15) is 0 Å². The maximum Gasteiger partial charge on any atom is 0.187 e. The van der Waals surface area contributed by atoms with E-state index in [2.05, 4.69) is 6.58 Å². The van der Waals surface area contributed by atoms with E-state index >= 15 is 0 Å². The smallest absolute Gasteiger partial charge is 0.187 e. The highest BCUT2D eigenvalue weighted by Gasteiger charge is 2.50. The van der Waals surface area contributed by atoms with Crippen LogP contribution in [0.5, 0.6) is 0 Å². The Morgan fingerprint density at radius 2 is 1.31 bits per heavy atom. The first kappa shape index (κ1) is 21.6. The predicted molar refractivity (Wildman–Crippen MR) is 82.5 cm³/mol. The van der Waals surface area contributed by atoms with Gasteiger partial charge in [-0.05, 0) is 0 Å². The van der Waals surface area contributed by atoms with Crippen LogP contribution >= 0.6 is 0 Å². The van der Waals surface area contributed by atoms with Crippen molar-refractivity contribution < 1.29 is 54.7 Å². The molecule has 2 aliphatic heterocycles. The maximum absolute atomic E-state index is 10.3. The van der Waals surface area contributed by atoms with E-state index in [1.54, 1.807) is 0 Å². The van der Waals surface area contributed by atoms with Crippen molar-refractivity contribution in [3.05, 3.63) is 12.7 Å². The molecule has 2 rings (SSSR count). The molecule has 0 aromatic rings. The summed E-state index contributed by atoms with van der Waals surface area (Å²) in [6.07, 6.45) is -13.1. The van der Waals surface area contributed by atoms with Gasteiger partial charge in [-0.15, -0.1) is 6.58 Å². The fraction of sp³-hybridized carbons (Fsp3) is 0.867. The quantitative estimate of drug-likeness (QED) is 0.212. The lowest BCUT2D eigenvalue weighted by Crippen LogP contribution is -2.64. The van der Waals surface area contributed by atoms with Crippen molar-refractivity contribution in [2.24, 2.45) is 0 Å². The molecule has 10 atom stereocenters. The van der Waals surface area contributed by atoms with Crippen molar-refractivity contribution in [1.82, 2.24) is 0 Å². The van der Waals surface area contributed by atoms with E-state index in [-0.39, 0.29) is 6.61 Å². The number of ether oxygens (including phenoxy) is 4. The zero-order valence-electron chi connectivity index (χ0n) is 13.9. The topological polar surface area (TPSA) is 179 Å². The van der Waals surface area contributed by atoms with Crippen LogP contribution in [0.15, 0.2) is 12.7 Å². The molecule has 0 spiro atoms. The zero-order chi connectivity index (χ0) is 19.4. The van der Waals surface area contributed by atoms with Crippen molar-refractivity contribution >= 4 is 0 Å². The lowest BCUT2D eigenvalue weighted by atomic mass is 9.97. The van der Waals surface area contributed by atoms with E-state index in [0.29, 0.717) is 0 Å². The summed E-state index contributed by atoms with van der Waals surface area (Å²) in [7, 11) is 0. The molecule has 26 heavy (non-hydrogen) atoms. The van der Waals surface area contributed by atoms with Crippen LogP contribution in [-0.4, -0.2) is 117 Å². The van der Waals surface area contributed by atoms with Crippen molar-refractivity contribution in [2.75, 3.05) is 19.8 Å². The van der Waals surface area contributed by atoms with Gasteiger partial charge in [0.15, 0.2) is 12.6 Å². The van der Waals surface area contributed by atoms with Gasteiger partial charge in [-0.1, -0.05) is 6.08 Å². The first-order valence-electron chi connectivity index (χ1n) is 8.16. The van der Waals surface area contributed by atoms with Crippen LogP contribution in [0.4, 0.5) is 0 Å². The van der Waals surface area contributed by atoms with Crippen LogP contribution in [-0.2, 0) is 18.9 Å². The van der Waals surface area contributed by atoms with Gasteiger partial charge >= 0.3 is 0 Å². The van der Waals surface area contributed by atoms with E-state index < -0.39 is 74.6 Å². The Balaban J connectivity index is 2.15. The molecule has 2 unspecified atom stereocenters. The van der Waals surface area contributed by atoms with E-state index in [9.17, 15) is 35.7 Å². The summed E-state index contributed by atoms with van der Waals surface area (Å²) in [5.74, 6) is 0. The molecule has 0 amide bonds. The molecule has 0 saturated carbocycles. The van der Waals surface area contributed by atoms with Crippen molar-refractivity contribution in [2.45, 2.75) is 61.4 Å². The summed E-state index contributed by atoms with van der Waals surface area (Å²) in [6, 6.07) is 0. The monoisotopic (exact) mass is 382 g/mol. The second-order valence-corrected chi connectivity index (χ2v) is 6.13. The van der Waals surface area contributed by atoms with E-state index in [0.717, 1.165) is 0 Å². The summed E-state index contributed by atoms with van der Waals surface area (Å²) in [6.45, 7) is 2.24. The van der Waals surface area contributed by atoms with Crippen LogP contribution in [0, 0.1) is 0 Å². The van der Waals surface area contributed by atoms with Gasteiger partial charge in [0, 0.05) is 0 Å². The molecule has 2 heterocycles. The minimum absolute atomic E-state index is 0.000171. The molecule has 7 N–H and O–H groups in total. The first-order chi connectivity index (χ1) is 12.3. The molecule has 0 aromatic carbocycles. The van der Waals surface area contributed by atoms with E-state index in [4.69, 9.17) is 18.9 Å². The maximum atomic E-state index is 10.3. The SMILES string of the molecule is C=CCOC1O[C@H](CO)[C@@H](O)[C@H](O)[C@H]1OC1O[C@H](CO)[C@@H](O)[C@H](O)[C@H]1O. The number of aliphatic hydroxyl groups excluding tert-OH is 7. The highest BCUT2D eigenvalue weighted by Crippen LogP contribution is 2.29. The van der Waals surface area contributed by atoms with Crippen LogP contribution in [0.2, 0.25) is 0 Å². The number of aliphatic hydroxyl groups is 7. The van der Waals surface area contributed by atoms with Gasteiger partial charge in [0.2, 0.25) is 0 Å². The molecule has 2 aliphatic rings. The number of rotatable bonds is 7. The standard InChI is InChI=1S/C15H26O11/c1-2-3-23-15-13(11(21)9(19)7(5-17)25-15)26-14-12(22)10(20)8(18)6(4-16)24-14/h2,6-22H,1,3-5H2/t6-,7-,8-,9-,10+,11+,12-,13-,14?,15?/m1/s1. The molecule has 0 aromatic heterocycles. The Morgan fingerprint density at radius 3 is 1.85 bits per heavy atom. The molecule has 0 bridgehead atoms. The van der Waals surface area contributed by atoms with Gasteiger partial charge in [0.1, 0.15) is 48.8 Å². The average Bonchev–Trinajstić information content (AvgIpc) is 2.64. The van der Waals surface area contributed by atoms with Gasteiger partial charge in [-0.25, -0.2) is 0 Å². The number of hydrogen-bond acceptors (Lipinski definition) is 11. The van der Waals surface area contributed by atoms with Gasteiger partial charge in [-0.2, -0.15) is 0 Å². The highest BCUT2D eigenvalue weighted by atomic mass is 16.8. The van der Waals surface area contributed by atoms with Crippen LogP contribution < -0.4 is 0 Å². The molecule has 152 valence electrons. The van der Waals surface area contributed by atoms with Crippen molar-refractivity contribution in [1.29, 1.82) is 0 Å². The Kier molecular flexibility index (Phi) is 7.88. The van der Waals surface area contributed by atoms with Gasteiger partial charge in [0.25, 0.3) is 0 Å². The lowest BCUT2D eigenvalue weighted by molar-refractivity contribution is -0.366. The Morgan fingerprint density at radius 1 is 0.769 bits per heavy atom. The number of hydrogen-bond donors (Lipinski definition) is 7. The Bertz CT molecular complexity index is 447. The molecule has 11 heteroatoms. The van der Waals surface area contributed by atoms with Crippen LogP contribution in [0.3, 0.4) is 0 Å². The Labute approximate surface area is 149 Å². The normalized spacial score (nSPS) is 46.9. The highest BCUT2D eigenvalue weighted by molar-refractivity contribution is 4.93. The van der Waals surface area contributed by atoms with Crippen molar-refractivity contribution in [3.63, 3.8) is 0 Å². The molecule has 2 saturated heterocycles. The van der Waals surface area contributed by atoms with Crippen LogP contribution in [0.25, 0.3) is 0 Å². The van der Waals surface area contributed by atoms with E-state index in [1.165, 1.54) is 6.08 Å². The van der Waals surface area contributed by atoms with Gasteiger partial charge in [0.05, 0.1) is 19.8 Å². The summed E-state index contributed by atoms with van der Waals surface area (Å²) in [5.41, 5.74) is 0. The molecule has 0 aliphatic carbocycles. The fourth-order valence-electron chi connectivity index (χ4n) is 2.83. The third-order valence-corrected chi connectivity index (χ3v) is 4.34. The minimum atomic E-state index is -1.70. The zero-order valence-corrected chi connectivity index (χ0v) is 13.9. The third kappa shape index (κ3) is 4.40. The fourth-order valence-corrected chi connectivity index (χ4v) is 2.83. The molecular weight excluding hydrogens is 356 g/mol. The summed E-state index contributed by atoms with van der Waals surface area (Å²) in [5, 5.41) is 68.4. The molecule has 2 fully saturated rings. The van der Waals surface area contributed by atoms with Gasteiger partial charge < -0.3 is 54.7 Å². The second-order valence-electron chi connectivity index (χ2n) is 6.13. The first-order valence-corrected chi connectivity index (χ1v) is 8.16. The van der Waals surface area contributed by atoms with E-state index in [1.807, 2.05) is 0 Å². The largest absolute Gasteiger partial charge is 0.394 e. The summed E-state index contributed by atoms with van der Waals surface area (Å²) < 4.78 is 21.4. The average molecular weight is 382 g/mol. The van der Waals surface area contributed by atoms with Crippen molar-refractivity contribution in [3.8, 4) is 0 Å². The Hall–Kier alpha value is -0.700. The second kappa shape index (κ2) is 9.48. The minimum Gasteiger partial charge on any atom is -0.394 e. The third-order valence-electron chi connectivity index (χ3n) is 4.34. The lowest BCUT2D eigenvalue weighted by Gasteiger charge is -2.45. The molecular formula is C15H26O11. The summed E-state index contributed by atoms with van der Waals surface area (Å²) >= 11 is 0. The van der Waals surface area contributed by atoms with Gasteiger partial charge in [-0.3, -0.25) is 0 Å².